The number of aromatic nitrogens is 1. The molecule has 0 aliphatic rings. The first kappa shape index (κ1) is 17.7. The first-order valence-electron chi connectivity index (χ1n) is 7.01. The van der Waals surface area contributed by atoms with Gasteiger partial charge in [-0.05, 0) is 34.6 Å². The number of carbonyl (C=O) groups excluding carboxylic acids is 2. The highest BCUT2D eigenvalue weighted by Crippen LogP contribution is 2.06. The molecule has 2 amide bonds. The van der Waals surface area contributed by atoms with Gasteiger partial charge in [-0.15, -0.1) is 0 Å². The third kappa shape index (κ3) is 6.92. The Morgan fingerprint density at radius 3 is 2.59 bits per heavy atom. The van der Waals surface area contributed by atoms with Crippen LogP contribution in [0.2, 0.25) is 0 Å². The van der Waals surface area contributed by atoms with Gasteiger partial charge >= 0.3 is 6.09 Å². The highest BCUT2D eigenvalue weighted by atomic mass is 16.6. The monoisotopic (exact) mass is 309 g/mol. The summed E-state index contributed by atoms with van der Waals surface area (Å²) in [4.78, 5) is 23.3. The summed E-state index contributed by atoms with van der Waals surface area (Å²) in [5.74, 6) is 0.463. The van der Waals surface area contributed by atoms with Crippen LogP contribution in [0.15, 0.2) is 22.2 Å². The molecular weight excluding hydrogens is 286 g/mol. The Labute approximate surface area is 130 Å². The molecule has 0 fully saturated rings. The number of alkyl carbamates (subject to hydrolysis) is 1. The number of nitrogens with zero attached hydrogens (tertiary/aromatic N) is 1. The third-order valence-electron chi connectivity index (χ3n) is 2.52. The number of ether oxygens (including phenoxy) is 1. The van der Waals surface area contributed by atoms with E-state index in [-0.39, 0.29) is 12.5 Å². The number of amides is 2. The predicted molar refractivity (Wildman–Crippen MR) is 81.1 cm³/mol. The van der Waals surface area contributed by atoms with E-state index in [0.29, 0.717) is 23.6 Å². The van der Waals surface area contributed by atoms with Gasteiger partial charge in [0.05, 0.1) is 6.54 Å². The molecule has 7 heteroatoms. The third-order valence-corrected chi connectivity index (χ3v) is 2.52. The van der Waals surface area contributed by atoms with Crippen molar-refractivity contribution in [2.75, 3.05) is 6.54 Å². The Kier molecular flexibility index (Phi) is 6.15. The summed E-state index contributed by atoms with van der Waals surface area (Å²) in [6.07, 6.45) is 1.10. The molecular formula is C15H23N3O4. The molecule has 1 rings (SSSR count). The largest absolute Gasteiger partial charge is 0.444 e. The molecule has 2 N–H and O–H groups in total. The molecule has 0 unspecified atom stereocenters. The topological polar surface area (TPSA) is 93.5 Å². The van der Waals surface area contributed by atoms with E-state index in [1.807, 2.05) is 0 Å². The lowest BCUT2D eigenvalue weighted by molar-refractivity contribution is -0.117. The van der Waals surface area contributed by atoms with Gasteiger partial charge in [0.25, 0.3) is 0 Å². The maximum absolute atomic E-state index is 11.8. The van der Waals surface area contributed by atoms with Crippen LogP contribution in [0.3, 0.4) is 0 Å². The molecule has 0 radical (unpaired) electrons. The normalized spacial score (nSPS) is 12.0. The van der Waals surface area contributed by atoms with Crippen LogP contribution in [-0.2, 0) is 16.1 Å². The van der Waals surface area contributed by atoms with Crippen LogP contribution in [0.1, 0.15) is 39.1 Å². The second-order valence-corrected chi connectivity index (χ2v) is 5.88. The number of hydrogen-bond acceptors (Lipinski definition) is 5. The van der Waals surface area contributed by atoms with Crippen molar-refractivity contribution in [2.45, 2.75) is 46.8 Å². The van der Waals surface area contributed by atoms with Gasteiger partial charge in [-0.1, -0.05) is 11.2 Å². The lowest BCUT2D eigenvalue weighted by Gasteiger charge is -2.19. The quantitative estimate of drug-likeness (QED) is 0.812. The fourth-order valence-corrected chi connectivity index (χ4v) is 1.51. The van der Waals surface area contributed by atoms with Gasteiger partial charge in [0.2, 0.25) is 5.91 Å². The van der Waals surface area contributed by atoms with Crippen LogP contribution >= 0.6 is 0 Å². The zero-order valence-electron chi connectivity index (χ0n) is 13.6. The number of hydrogen-bond donors (Lipinski definition) is 2. The van der Waals surface area contributed by atoms with Crippen molar-refractivity contribution < 1.29 is 18.8 Å². The van der Waals surface area contributed by atoms with E-state index in [4.69, 9.17) is 9.26 Å². The minimum atomic E-state index is -0.546. The van der Waals surface area contributed by atoms with Crippen molar-refractivity contribution in [3.8, 4) is 0 Å². The Hall–Kier alpha value is -2.31. The van der Waals surface area contributed by atoms with Crippen LogP contribution in [-0.4, -0.2) is 29.3 Å². The summed E-state index contributed by atoms with van der Waals surface area (Å²) in [5.41, 5.74) is 0.609. The first-order chi connectivity index (χ1) is 10.2. The second-order valence-electron chi connectivity index (χ2n) is 5.88. The molecule has 0 aliphatic heterocycles. The molecule has 0 spiro atoms. The fraction of sp³-hybridized carbons (Fsp3) is 0.533. The lowest BCUT2D eigenvalue weighted by atomic mass is 10.2. The van der Waals surface area contributed by atoms with Crippen LogP contribution in [0.25, 0.3) is 0 Å². The molecule has 1 aromatic rings. The van der Waals surface area contributed by atoms with Gasteiger partial charge in [0, 0.05) is 18.2 Å². The molecule has 7 nitrogen and oxygen atoms in total. The lowest BCUT2D eigenvalue weighted by Crippen LogP contribution is -2.33. The summed E-state index contributed by atoms with van der Waals surface area (Å²) in [7, 11) is 0. The van der Waals surface area contributed by atoms with Crippen LogP contribution in [0, 0.1) is 6.92 Å². The Morgan fingerprint density at radius 1 is 1.36 bits per heavy atom. The van der Waals surface area contributed by atoms with Crippen molar-refractivity contribution in [2.24, 2.45) is 0 Å². The highest BCUT2D eigenvalue weighted by Gasteiger charge is 2.15. The summed E-state index contributed by atoms with van der Waals surface area (Å²) in [6, 6.07) is 1.75. The molecule has 1 aromatic heterocycles. The first-order valence-corrected chi connectivity index (χ1v) is 7.01. The van der Waals surface area contributed by atoms with E-state index in [2.05, 4.69) is 15.8 Å². The second kappa shape index (κ2) is 7.63. The molecule has 0 atom stereocenters. The SMILES string of the molecule is C/C(=C\CNC(=O)OC(C)(C)C)C(=O)NCc1cc(C)on1. The molecule has 0 saturated carbocycles. The van der Waals surface area contributed by atoms with Crippen molar-refractivity contribution in [3.05, 3.63) is 29.2 Å². The predicted octanol–water partition coefficient (Wildman–Crippen LogP) is 2.07. The zero-order valence-corrected chi connectivity index (χ0v) is 13.6. The summed E-state index contributed by atoms with van der Waals surface area (Å²) in [5, 5.41) is 9.06. The van der Waals surface area contributed by atoms with Crippen LogP contribution < -0.4 is 10.6 Å². The Balaban J connectivity index is 2.34. The van der Waals surface area contributed by atoms with Crippen LogP contribution in [0.4, 0.5) is 4.79 Å². The van der Waals surface area contributed by atoms with Crippen molar-refractivity contribution in [1.29, 1.82) is 0 Å². The van der Waals surface area contributed by atoms with Gasteiger partial charge in [-0.25, -0.2) is 4.79 Å². The van der Waals surface area contributed by atoms with E-state index in [9.17, 15) is 9.59 Å². The Bertz CT molecular complexity index is 555. The van der Waals surface area contributed by atoms with E-state index in [0.717, 1.165) is 0 Å². The average Bonchev–Trinajstić information content (AvgIpc) is 2.79. The number of nitrogens with one attached hydrogen (secondary N) is 2. The molecule has 1 heterocycles. The van der Waals surface area contributed by atoms with Gasteiger partial charge in [-0.3, -0.25) is 4.79 Å². The number of aryl methyl sites for hydroxylation is 1. The summed E-state index contributed by atoms with van der Waals surface area (Å²) in [6.45, 7) is 9.32. The minimum absolute atomic E-state index is 0.219. The van der Waals surface area contributed by atoms with Crippen molar-refractivity contribution >= 4 is 12.0 Å². The molecule has 0 aliphatic carbocycles. The summed E-state index contributed by atoms with van der Waals surface area (Å²) >= 11 is 0. The number of rotatable bonds is 5. The highest BCUT2D eigenvalue weighted by molar-refractivity contribution is 5.92. The Morgan fingerprint density at radius 2 is 2.05 bits per heavy atom. The molecule has 122 valence electrons. The maximum atomic E-state index is 11.8. The standard InChI is InChI=1S/C15H23N3O4/c1-10(6-7-16-14(20)21-15(3,4)5)13(19)17-9-12-8-11(2)22-18-12/h6,8H,7,9H2,1-5H3,(H,16,20)(H,17,19)/b10-6+. The molecule has 0 bridgehead atoms. The van der Waals surface area contributed by atoms with Gasteiger partial charge in [0.1, 0.15) is 17.1 Å². The van der Waals surface area contributed by atoms with Gasteiger partial charge in [0.15, 0.2) is 0 Å². The molecule has 22 heavy (non-hydrogen) atoms. The van der Waals surface area contributed by atoms with Crippen LogP contribution in [0.5, 0.6) is 0 Å². The van der Waals surface area contributed by atoms with Crippen molar-refractivity contribution in [1.82, 2.24) is 15.8 Å². The zero-order chi connectivity index (χ0) is 16.8. The smallest absolute Gasteiger partial charge is 0.407 e. The van der Waals surface area contributed by atoms with E-state index in [1.54, 1.807) is 46.8 Å². The van der Waals surface area contributed by atoms with Crippen molar-refractivity contribution in [3.63, 3.8) is 0 Å². The fourth-order valence-electron chi connectivity index (χ4n) is 1.51. The maximum Gasteiger partial charge on any atom is 0.407 e. The number of carbonyl (C=O) groups is 2. The minimum Gasteiger partial charge on any atom is -0.444 e. The van der Waals surface area contributed by atoms with Gasteiger partial charge in [-0.2, -0.15) is 0 Å². The van der Waals surface area contributed by atoms with E-state index >= 15 is 0 Å². The molecule has 0 saturated heterocycles. The summed E-state index contributed by atoms with van der Waals surface area (Å²) < 4.78 is 10.0. The molecule has 0 aromatic carbocycles. The van der Waals surface area contributed by atoms with Gasteiger partial charge < -0.3 is 19.9 Å². The van der Waals surface area contributed by atoms with E-state index < -0.39 is 11.7 Å². The van der Waals surface area contributed by atoms with E-state index in [1.165, 1.54) is 0 Å². The average molecular weight is 309 g/mol.